The lowest BCUT2D eigenvalue weighted by atomic mass is 9.97. The topological polar surface area (TPSA) is 240 Å². The summed E-state index contributed by atoms with van der Waals surface area (Å²) in [7, 11) is 0. The van der Waals surface area contributed by atoms with Crippen molar-refractivity contribution in [1.82, 2.24) is 0 Å². The van der Waals surface area contributed by atoms with Gasteiger partial charge in [0.25, 0.3) is 0 Å². The lowest BCUT2D eigenvalue weighted by Crippen LogP contribution is -2.66. The monoisotopic (exact) mass is 967 g/mol. The van der Waals surface area contributed by atoms with Crippen LogP contribution in [0.1, 0.15) is 180 Å². The maximum absolute atomic E-state index is 13.8. The predicted octanol–water partition coefficient (Wildman–Crippen LogP) is 6.97. The van der Waals surface area contributed by atoms with Gasteiger partial charge in [0, 0.05) is 19.3 Å². The summed E-state index contributed by atoms with van der Waals surface area (Å²) in [6.45, 7) is 4.68. The number of hydrogen-bond acceptors (Lipinski definition) is 17. The van der Waals surface area contributed by atoms with Crippen molar-refractivity contribution in [2.45, 2.75) is 243 Å². The van der Waals surface area contributed by atoms with Crippen molar-refractivity contribution in [3.63, 3.8) is 0 Å². The summed E-state index contributed by atoms with van der Waals surface area (Å²) in [5.41, 5.74) is 0.733. The Morgan fingerprint density at radius 2 is 0.853 bits per heavy atom. The van der Waals surface area contributed by atoms with E-state index in [1.165, 1.54) is 0 Å². The van der Waals surface area contributed by atoms with E-state index >= 15 is 0 Å². The first-order valence-electron chi connectivity index (χ1n) is 25.5. The molecule has 68 heavy (non-hydrogen) atoms. The number of rotatable bonds is 35. The van der Waals surface area contributed by atoms with E-state index < -0.39 is 117 Å². The van der Waals surface area contributed by atoms with Gasteiger partial charge in [0.05, 0.1) is 26.1 Å². The Morgan fingerprint density at radius 1 is 0.456 bits per heavy atom. The average molecular weight is 967 g/mol. The third kappa shape index (κ3) is 21.9. The van der Waals surface area contributed by atoms with E-state index in [1.807, 2.05) is 6.07 Å². The Kier molecular flexibility index (Phi) is 29.8. The van der Waals surface area contributed by atoms with Crippen LogP contribution in [0.2, 0.25) is 0 Å². The third-order valence-corrected chi connectivity index (χ3v) is 12.2. The van der Waals surface area contributed by atoms with E-state index in [2.05, 4.69) is 20.8 Å². The lowest BCUT2D eigenvalue weighted by molar-refractivity contribution is -0.377. The SMILES string of the molecule is CCCCCCCCCC(=O)O[C@@H]1[C@@H](OC(=O)CCC(=O)OCc2ccccc2)[C@@H](O[C@H]2O[C@H](CO)[C@@H](O)[C@H](O)[C@H]2OC(=O)CCCCCCC)O[C@H](CO)[C@H]1OC(=O)CCCCCCCCC. The molecule has 2 aliphatic rings. The normalized spacial score (nSPS) is 24.8. The fourth-order valence-electron chi connectivity index (χ4n) is 8.14. The Hall–Kier alpha value is -3.71. The molecule has 17 heteroatoms. The van der Waals surface area contributed by atoms with Crippen molar-refractivity contribution >= 4 is 29.8 Å². The summed E-state index contributed by atoms with van der Waals surface area (Å²) in [5.74, 6) is -3.83. The molecule has 0 amide bonds. The van der Waals surface area contributed by atoms with Crippen LogP contribution in [0.25, 0.3) is 0 Å². The van der Waals surface area contributed by atoms with Crippen molar-refractivity contribution in [2.24, 2.45) is 0 Å². The minimum Gasteiger partial charge on any atom is -0.461 e. The number of hydrogen-bond donors (Lipinski definition) is 4. The van der Waals surface area contributed by atoms with Gasteiger partial charge in [-0.3, -0.25) is 24.0 Å². The molecule has 2 aliphatic heterocycles. The van der Waals surface area contributed by atoms with Crippen LogP contribution >= 0.6 is 0 Å². The number of unbranched alkanes of at least 4 members (excludes halogenated alkanes) is 16. The fourth-order valence-corrected chi connectivity index (χ4v) is 8.14. The zero-order valence-corrected chi connectivity index (χ0v) is 40.8. The summed E-state index contributed by atoms with van der Waals surface area (Å²) >= 11 is 0. The maximum Gasteiger partial charge on any atom is 0.306 e. The highest BCUT2D eigenvalue weighted by Crippen LogP contribution is 2.34. The summed E-state index contributed by atoms with van der Waals surface area (Å²) in [6.07, 6.45) is -0.689. The van der Waals surface area contributed by atoms with E-state index in [0.29, 0.717) is 19.3 Å². The zero-order chi connectivity index (χ0) is 49.5. The Balaban J connectivity index is 1.95. The molecular weight excluding hydrogens is 885 g/mol. The van der Waals surface area contributed by atoms with E-state index in [0.717, 1.165) is 108 Å². The fraction of sp³-hybridized carbons (Fsp3) is 0.784. The maximum atomic E-state index is 13.8. The summed E-state index contributed by atoms with van der Waals surface area (Å²) in [5, 5.41) is 43.0. The standard InChI is InChI=1S/C51H82O17/c1-4-7-10-13-15-18-24-28-40(55)64-46-38(34-53)63-51(68-50-47(45(60)44(59)37(33-52)62-50)65-41(56)29-23-17-12-9-6-3)49(48(46)66-42(57)30-25-19-16-14-11-8-5-2)67-43(58)32-31-39(54)61-35-36-26-21-20-22-27-36/h20-22,26-27,37-38,44-53,59-60H,4-19,23-25,28-35H2,1-3H3/t37-,38-,44-,45+,46-,47-,48+,49-,50-,51-/m1/s1. The first-order chi connectivity index (χ1) is 32.9. The van der Waals surface area contributed by atoms with E-state index in [-0.39, 0.29) is 25.9 Å². The van der Waals surface area contributed by atoms with Gasteiger partial charge in [-0.05, 0) is 24.8 Å². The molecular formula is C51H82O17. The first-order valence-corrected chi connectivity index (χ1v) is 25.5. The van der Waals surface area contributed by atoms with Gasteiger partial charge < -0.3 is 58.3 Å². The Labute approximate surface area is 403 Å². The van der Waals surface area contributed by atoms with Gasteiger partial charge in [-0.1, -0.05) is 154 Å². The van der Waals surface area contributed by atoms with Gasteiger partial charge in [-0.25, -0.2) is 0 Å². The summed E-state index contributed by atoms with van der Waals surface area (Å²) in [6, 6.07) is 8.94. The molecule has 0 saturated carbocycles. The quantitative estimate of drug-likeness (QED) is 0.0305. The van der Waals surface area contributed by atoms with Crippen LogP contribution in [0.3, 0.4) is 0 Å². The zero-order valence-electron chi connectivity index (χ0n) is 40.8. The minimum absolute atomic E-state index is 0.000921. The Morgan fingerprint density at radius 3 is 1.35 bits per heavy atom. The van der Waals surface area contributed by atoms with Gasteiger partial charge in [-0.15, -0.1) is 0 Å². The van der Waals surface area contributed by atoms with Crippen LogP contribution in [0.5, 0.6) is 0 Å². The number of carbonyl (C=O) groups is 5. The molecule has 0 radical (unpaired) electrons. The molecule has 388 valence electrons. The second-order valence-corrected chi connectivity index (χ2v) is 17.9. The predicted molar refractivity (Wildman–Crippen MR) is 248 cm³/mol. The molecule has 17 nitrogen and oxygen atoms in total. The van der Waals surface area contributed by atoms with E-state index in [4.69, 9.17) is 37.9 Å². The minimum atomic E-state index is -1.85. The van der Waals surface area contributed by atoms with E-state index in [1.54, 1.807) is 24.3 Å². The molecule has 0 aromatic heterocycles. The van der Waals surface area contributed by atoms with Crippen molar-refractivity contribution in [3.8, 4) is 0 Å². The van der Waals surface area contributed by atoms with Gasteiger partial charge in [0.2, 0.25) is 12.6 Å². The van der Waals surface area contributed by atoms with Crippen molar-refractivity contribution in [3.05, 3.63) is 35.9 Å². The number of aliphatic hydroxyl groups excluding tert-OH is 4. The third-order valence-electron chi connectivity index (χ3n) is 12.2. The molecule has 3 rings (SSSR count). The number of aliphatic hydroxyl groups is 4. The van der Waals surface area contributed by atoms with Crippen molar-refractivity contribution in [1.29, 1.82) is 0 Å². The van der Waals surface area contributed by atoms with Crippen LogP contribution in [0.4, 0.5) is 0 Å². The van der Waals surface area contributed by atoms with Crippen LogP contribution in [-0.4, -0.2) is 125 Å². The molecule has 2 heterocycles. The number of ether oxygens (including phenoxy) is 8. The smallest absolute Gasteiger partial charge is 0.306 e. The molecule has 10 atom stereocenters. The van der Waals surface area contributed by atoms with E-state index in [9.17, 15) is 44.4 Å². The highest BCUT2D eigenvalue weighted by Gasteiger charge is 2.56. The highest BCUT2D eigenvalue weighted by atomic mass is 16.8. The molecule has 4 N–H and O–H groups in total. The van der Waals surface area contributed by atoms with Gasteiger partial charge in [0.1, 0.15) is 31.0 Å². The van der Waals surface area contributed by atoms with Crippen LogP contribution in [-0.2, 0) is 68.5 Å². The van der Waals surface area contributed by atoms with Crippen molar-refractivity contribution in [2.75, 3.05) is 13.2 Å². The molecule has 2 fully saturated rings. The molecule has 0 bridgehead atoms. The number of esters is 5. The largest absolute Gasteiger partial charge is 0.461 e. The van der Waals surface area contributed by atoms with Crippen LogP contribution in [0, 0.1) is 0 Å². The number of carbonyl (C=O) groups excluding carboxylic acids is 5. The second kappa shape index (κ2) is 34.6. The molecule has 0 aliphatic carbocycles. The molecule has 0 spiro atoms. The lowest BCUT2D eigenvalue weighted by Gasteiger charge is -2.47. The van der Waals surface area contributed by atoms with Crippen LogP contribution < -0.4 is 0 Å². The van der Waals surface area contributed by atoms with Gasteiger partial charge >= 0.3 is 29.8 Å². The Bertz CT molecular complexity index is 1560. The molecule has 0 unspecified atom stereocenters. The number of benzene rings is 1. The van der Waals surface area contributed by atoms with Crippen molar-refractivity contribution < 1.29 is 82.3 Å². The summed E-state index contributed by atoms with van der Waals surface area (Å²) in [4.78, 5) is 66.9. The molecule has 1 aromatic rings. The second-order valence-electron chi connectivity index (χ2n) is 17.9. The molecule has 1 aromatic carbocycles. The van der Waals surface area contributed by atoms with Gasteiger partial charge in [-0.2, -0.15) is 0 Å². The highest BCUT2D eigenvalue weighted by molar-refractivity contribution is 5.78. The molecule has 2 saturated heterocycles. The summed E-state index contributed by atoms with van der Waals surface area (Å²) < 4.78 is 47.1. The average Bonchev–Trinajstić information content (AvgIpc) is 3.33. The van der Waals surface area contributed by atoms with Gasteiger partial charge in [0.15, 0.2) is 24.4 Å². The first kappa shape index (κ1) is 58.6. The van der Waals surface area contributed by atoms with Crippen LogP contribution in [0.15, 0.2) is 30.3 Å².